The highest BCUT2D eigenvalue weighted by molar-refractivity contribution is 5.46. The van der Waals surface area contributed by atoms with Gasteiger partial charge in [0.2, 0.25) is 0 Å². The molecule has 1 aliphatic rings. The Hall–Kier alpha value is -1.13. The predicted molar refractivity (Wildman–Crippen MR) is 78.7 cm³/mol. The lowest BCUT2D eigenvalue weighted by Crippen LogP contribution is -2.47. The highest BCUT2D eigenvalue weighted by atomic mass is 16.5. The summed E-state index contributed by atoms with van der Waals surface area (Å²) >= 11 is 0. The normalized spacial score (nSPS) is 17.2. The number of pyridine rings is 1. The van der Waals surface area contributed by atoms with Crippen molar-refractivity contribution in [2.75, 3.05) is 44.2 Å². The molecule has 0 saturated carbocycles. The standard InChI is InChI=1S/C15H25N3O/c1-13(2)19-9-8-17-4-6-18(7-5-17)15-10-14(3)11-16-12-15/h10-13H,4-9H2,1-3H3. The Labute approximate surface area is 116 Å². The Morgan fingerprint density at radius 3 is 2.58 bits per heavy atom. The average molecular weight is 263 g/mol. The first-order valence-corrected chi connectivity index (χ1v) is 7.15. The van der Waals surface area contributed by atoms with Crippen LogP contribution < -0.4 is 4.90 Å². The van der Waals surface area contributed by atoms with Gasteiger partial charge in [0, 0.05) is 38.9 Å². The minimum atomic E-state index is 0.333. The summed E-state index contributed by atoms with van der Waals surface area (Å²) in [6, 6.07) is 2.21. The maximum atomic E-state index is 5.61. The van der Waals surface area contributed by atoms with Crippen LogP contribution in [0.25, 0.3) is 0 Å². The van der Waals surface area contributed by atoms with Crippen LogP contribution in [0.15, 0.2) is 18.5 Å². The van der Waals surface area contributed by atoms with E-state index in [4.69, 9.17) is 4.74 Å². The molecule has 0 N–H and O–H groups in total. The molecule has 1 aliphatic heterocycles. The Morgan fingerprint density at radius 1 is 1.21 bits per heavy atom. The van der Waals surface area contributed by atoms with Gasteiger partial charge in [0.05, 0.1) is 24.6 Å². The van der Waals surface area contributed by atoms with E-state index in [0.717, 1.165) is 39.3 Å². The minimum absolute atomic E-state index is 0.333. The molecule has 4 nitrogen and oxygen atoms in total. The van der Waals surface area contributed by atoms with E-state index in [1.165, 1.54) is 11.3 Å². The molecule has 0 bridgehead atoms. The van der Waals surface area contributed by atoms with Crippen LogP contribution in [0.2, 0.25) is 0 Å². The van der Waals surface area contributed by atoms with Crippen LogP contribution in [-0.2, 0) is 4.74 Å². The summed E-state index contributed by atoms with van der Waals surface area (Å²) in [5.74, 6) is 0. The van der Waals surface area contributed by atoms with E-state index >= 15 is 0 Å². The second-order valence-electron chi connectivity index (χ2n) is 5.47. The third-order valence-electron chi connectivity index (χ3n) is 3.46. The van der Waals surface area contributed by atoms with Crippen molar-refractivity contribution in [1.29, 1.82) is 0 Å². The Morgan fingerprint density at radius 2 is 1.95 bits per heavy atom. The van der Waals surface area contributed by atoms with Gasteiger partial charge < -0.3 is 9.64 Å². The summed E-state index contributed by atoms with van der Waals surface area (Å²) in [7, 11) is 0. The molecule has 1 aromatic rings. The van der Waals surface area contributed by atoms with Gasteiger partial charge in [0.25, 0.3) is 0 Å². The Bertz CT molecular complexity index is 387. The minimum Gasteiger partial charge on any atom is -0.377 e. The van der Waals surface area contributed by atoms with E-state index in [-0.39, 0.29) is 0 Å². The van der Waals surface area contributed by atoms with Gasteiger partial charge in [-0.15, -0.1) is 0 Å². The number of aromatic nitrogens is 1. The zero-order valence-electron chi connectivity index (χ0n) is 12.3. The van der Waals surface area contributed by atoms with E-state index in [2.05, 4.69) is 41.6 Å². The fraction of sp³-hybridized carbons (Fsp3) is 0.667. The number of hydrogen-bond acceptors (Lipinski definition) is 4. The molecule has 1 aromatic heterocycles. The van der Waals surface area contributed by atoms with Crippen molar-refractivity contribution in [2.24, 2.45) is 0 Å². The first-order valence-electron chi connectivity index (χ1n) is 7.15. The number of hydrogen-bond donors (Lipinski definition) is 0. The van der Waals surface area contributed by atoms with E-state index in [9.17, 15) is 0 Å². The lowest BCUT2D eigenvalue weighted by atomic mass is 10.2. The van der Waals surface area contributed by atoms with Gasteiger partial charge in [-0.2, -0.15) is 0 Å². The van der Waals surface area contributed by atoms with E-state index in [1.54, 1.807) is 0 Å². The fourth-order valence-electron chi connectivity index (χ4n) is 2.36. The van der Waals surface area contributed by atoms with Crippen molar-refractivity contribution in [3.05, 3.63) is 24.0 Å². The average Bonchev–Trinajstić information content (AvgIpc) is 2.39. The third kappa shape index (κ3) is 4.48. The van der Waals surface area contributed by atoms with Crippen molar-refractivity contribution in [2.45, 2.75) is 26.9 Å². The van der Waals surface area contributed by atoms with Gasteiger partial charge in [-0.25, -0.2) is 0 Å². The molecule has 2 rings (SSSR count). The predicted octanol–water partition coefficient (Wildman–Crippen LogP) is 1.94. The Balaban J connectivity index is 1.76. The van der Waals surface area contributed by atoms with Gasteiger partial charge in [0.1, 0.15) is 0 Å². The summed E-state index contributed by atoms with van der Waals surface area (Å²) in [5.41, 5.74) is 2.48. The van der Waals surface area contributed by atoms with Gasteiger partial charge in [-0.3, -0.25) is 9.88 Å². The molecule has 0 radical (unpaired) electrons. The van der Waals surface area contributed by atoms with E-state index in [0.29, 0.717) is 6.10 Å². The molecule has 1 saturated heterocycles. The lowest BCUT2D eigenvalue weighted by Gasteiger charge is -2.36. The molecule has 0 unspecified atom stereocenters. The molecule has 19 heavy (non-hydrogen) atoms. The number of aryl methyl sites for hydroxylation is 1. The zero-order chi connectivity index (χ0) is 13.7. The number of rotatable bonds is 5. The van der Waals surface area contributed by atoms with Crippen molar-refractivity contribution in [3.8, 4) is 0 Å². The third-order valence-corrected chi connectivity index (χ3v) is 3.46. The SMILES string of the molecule is Cc1cncc(N2CCN(CCOC(C)C)CC2)c1. The van der Waals surface area contributed by atoms with E-state index < -0.39 is 0 Å². The molecule has 0 aliphatic carbocycles. The van der Waals surface area contributed by atoms with Crippen molar-refractivity contribution < 1.29 is 4.74 Å². The largest absolute Gasteiger partial charge is 0.377 e. The van der Waals surface area contributed by atoms with Crippen LogP contribution in [0.5, 0.6) is 0 Å². The summed E-state index contributed by atoms with van der Waals surface area (Å²) in [4.78, 5) is 9.16. The molecule has 0 spiro atoms. The van der Waals surface area contributed by atoms with Gasteiger partial charge in [0.15, 0.2) is 0 Å². The molecular weight excluding hydrogens is 238 g/mol. The smallest absolute Gasteiger partial charge is 0.0596 e. The monoisotopic (exact) mass is 263 g/mol. The molecule has 106 valence electrons. The van der Waals surface area contributed by atoms with Crippen LogP contribution in [0, 0.1) is 6.92 Å². The number of piperazine rings is 1. The van der Waals surface area contributed by atoms with Gasteiger partial charge in [-0.05, 0) is 32.4 Å². The molecule has 0 aromatic carbocycles. The first kappa shape index (κ1) is 14.3. The van der Waals surface area contributed by atoms with Gasteiger partial charge >= 0.3 is 0 Å². The van der Waals surface area contributed by atoms with Crippen molar-refractivity contribution in [3.63, 3.8) is 0 Å². The molecule has 0 atom stereocenters. The summed E-state index contributed by atoms with van der Waals surface area (Å²) in [5, 5.41) is 0. The quantitative estimate of drug-likeness (QED) is 0.811. The van der Waals surface area contributed by atoms with Crippen LogP contribution in [-0.4, -0.2) is 55.3 Å². The maximum Gasteiger partial charge on any atom is 0.0596 e. The highest BCUT2D eigenvalue weighted by Crippen LogP contribution is 2.16. The second kappa shape index (κ2) is 6.87. The molecule has 1 fully saturated rings. The molecule has 4 heteroatoms. The van der Waals surface area contributed by atoms with Gasteiger partial charge in [-0.1, -0.05) is 0 Å². The van der Waals surface area contributed by atoms with Crippen LogP contribution in [0.3, 0.4) is 0 Å². The topological polar surface area (TPSA) is 28.6 Å². The number of nitrogens with zero attached hydrogens (tertiary/aromatic N) is 3. The van der Waals surface area contributed by atoms with Crippen LogP contribution in [0.4, 0.5) is 5.69 Å². The second-order valence-corrected chi connectivity index (χ2v) is 5.47. The highest BCUT2D eigenvalue weighted by Gasteiger charge is 2.17. The van der Waals surface area contributed by atoms with Crippen molar-refractivity contribution >= 4 is 5.69 Å². The fourth-order valence-corrected chi connectivity index (χ4v) is 2.36. The maximum absolute atomic E-state index is 5.61. The number of ether oxygens (including phenoxy) is 1. The molecule has 0 amide bonds. The van der Waals surface area contributed by atoms with Crippen LogP contribution in [0.1, 0.15) is 19.4 Å². The summed E-state index contributed by atoms with van der Waals surface area (Å²) < 4.78 is 5.61. The Kier molecular flexibility index (Phi) is 5.16. The summed E-state index contributed by atoms with van der Waals surface area (Å²) in [6.45, 7) is 12.5. The van der Waals surface area contributed by atoms with Crippen molar-refractivity contribution in [1.82, 2.24) is 9.88 Å². The summed E-state index contributed by atoms with van der Waals surface area (Å²) in [6.07, 6.45) is 4.20. The van der Waals surface area contributed by atoms with Crippen LogP contribution >= 0.6 is 0 Å². The number of anilines is 1. The zero-order valence-corrected chi connectivity index (χ0v) is 12.3. The molecule has 2 heterocycles. The molecular formula is C15H25N3O. The van der Waals surface area contributed by atoms with E-state index in [1.807, 2.05) is 12.4 Å². The first-order chi connectivity index (χ1) is 9.15. The lowest BCUT2D eigenvalue weighted by molar-refractivity contribution is 0.0579.